The lowest BCUT2D eigenvalue weighted by atomic mass is 9.81. The maximum atomic E-state index is 15.5. The van der Waals surface area contributed by atoms with Gasteiger partial charge in [-0.3, -0.25) is 43.2 Å². The number of benzene rings is 2. The third kappa shape index (κ3) is 15.4. The summed E-state index contributed by atoms with van der Waals surface area (Å²) in [6.45, 7) is 12.7. The first-order valence-corrected chi connectivity index (χ1v) is 33.7. The first kappa shape index (κ1) is 67.4. The van der Waals surface area contributed by atoms with Crippen LogP contribution in [0.5, 0.6) is 0 Å². The number of amides is 6. The fourth-order valence-electron chi connectivity index (χ4n) is 13.0. The maximum Gasteiger partial charge on any atom is 0.411 e. The van der Waals surface area contributed by atoms with Crippen molar-refractivity contribution in [3.05, 3.63) is 123 Å². The smallest absolute Gasteiger partial charge is 0.411 e. The number of nitrogens with zero attached hydrogens (tertiary/aromatic N) is 7. The average molecular weight is 1300 g/mol. The van der Waals surface area contributed by atoms with Gasteiger partial charge < -0.3 is 45.5 Å². The molecular formula is C66H80FN11O14S. The molecule has 10 rings (SSSR count). The van der Waals surface area contributed by atoms with Crippen LogP contribution in [-0.4, -0.2) is 158 Å². The molecule has 0 saturated heterocycles. The second-order valence-electron chi connectivity index (χ2n) is 25.4. The number of ketones is 1. The largest absolute Gasteiger partial charge is 0.444 e. The number of rotatable bonds is 27. The predicted octanol–water partition coefficient (Wildman–Crippen LogP) is 5.44. The molecule has 1 saturated carbocycles. The molecule has 2 aromatic carbocycles. The second kappa shape index (κ2) is 28.4. The number of anilines is 1. The molecule has 4 aromatic rings. The van der Waals surface area contributed by atoms with E-state index in [2.05, 4.69) is 38.2 Å². The predicted molar refractivity (Wildman–Crippen MR) is 337 cm³/mol. The summed E-state index contributed by atoms with van der Waals surface area (Å²) in [5.74, 6) is -4.25. The van der Waals surface area contributed by atoms with Crippen LogP contribution in [0.15, 0.2) is 78.2 Å². The third-order valence-corrected chi connectivity index (χ3v) is 19.4. The number of hydrogen-bond donors (Lipinski definition) is 5. The molecule has 27 heteroatoms. The summed E-state index contributed by atoms with van der Waals surface area (Å²) in [5.41, 5.74) is 4.93. The lowest BCUT2D eigenvalue weighted by molar-refractivity contribution is -0.141. The summed E-state index contributed by atoms with van der Waals surface area (Å²) in [6.07, 6.45) is 11.6. The number of Topliss-reactive ketones (excluding diaryl/α,β-unsaturated/α-hetero) is 1. The molecule has 4 atom stereocenters. The molecule has 2 aromatic heterocycles. The van der Waals surface area contributed by atoms with Gasteiger partial charge in [-0.1, -0.05) is 44.7 Å². The molecule has 4 aliphatic heterocycles. The highest BCUT2D eigenvalue weighted by molar-refractivity contribution is 7.90. The van der Waals surface area contributed by atoms with E-state index in [1.807, 2.05) is 24.9 Å². The Balaban J connectivity index is 0.666. The molecule has 0 bridgehead atoms. The van der Waals surface area contributed by atoms with E-state index in [0.29, 0.717) is 83.6 Å². The van der Waals surface area contributed by atoms with Gasteiger partial charge in [0.1, 0.15) is 58.8 Å². The molecule has 6 amide bonds. The van der Waals surface area contributed by atoms with Crippen LogP contribution in [0.2, 0.25) is 0 Å². The van der Waals surface area contributed by atoms with Crippen LogP contribution in [0.25, 0.3) is 16.6 Å². The van der Waals surface area contributed by atoms with Gasteiger partial charge in [0, 0.05) is 110 Å². The van der Waals surface area contributed by atoms with Crippen LogP contribution in [0.1, 0.15) is 131 Å². The van der Waals surface area contributed by atoms with Crippen molar-refractivity contribution in [1.29, 1.82) is 0 Å². The van der Waals surface area contributed by atoms with Gasteiger partial charge in [-0.05, 0) is 118 Å². The Morgan fingerprint density at radius 1 is 0.989 bits per heavy atom. The summed E-state index contributed by atoms with van der Waals surface area (Å²) in [7, 11) is -3.57. The van der Waals surface area contributed by atoms with Crippen molar-refractivity contribution >= 4 is 79.5 Å². The molecule has 496 valence electrons. The van der Waals surface area contributed by atoms with Crippen molar-refractivity contribution in [2.75, 3.05) is 50.3 Å². The number of aryl methyl sites for hydroxylation is 2. The normalized spacial score (nSPS) is 20.7. The van der Waals surface area contributed by atoms with Crippen LogP contribution in [0.4, 0.5) is 14.9 Å². The first-order chi connectivity index (χ1) is 44.3. The number of sulfone groups is 1. The van der Waals surface area contributed by atoms with Crippen molar-refractivity contribution in [3.8, 4) is 0 Å². The van der Waals surface area contributed by atoms with Crippen molar-refractivity contribution in [2.24, 2.45) is 17.8 Å². The van der Waals surface area contributed by atoms with Gasteiger partial charge in [0.2, 0.25) is 17.7 Å². The third-order valence-electron chi connectivity index (χ3n) is 18.5. The van der Waals surface area contributed by atoms with Crippen LogP contribution < -0.4 is 21.3 Å². The van der Waals surface area contributed by atoms with Crippen LogP contribution in [-0.2, 0) is 90.3 Å². The summed E-state index contributed by atoms with van der Waals surface area (Å²) in [6, 6.07) is 6.45. The molecule has 93 heavy (non-hydrogen) atoms. The van der Waals surface area contributed by atoms with Gasteiger partial charge in [-0.15, -0.1) is 5.10 Å². The van der Waals surface area contributed by atoms with Crippen molar-refractivity contribution < 1.29 is 70.5 Å². The highest BCUT2D eigenvalue weighted by Crippen LogP contribution is 2.49. The molecule has 0 spiro atoms. The fourth-order valence-corrected chi connectivity index (χ4v) is 13.5. The molecule has 1 fully saturated rings. The number of halogens is 1. The average Bonchev–Trinajstić information content (AvgIpc) is 1.65. The van der Waals surface area contributed by atoms with Gasteiger partial charge in [-0.2, -0.15) is 0 Å². The zero-order chi connectivity index (χ0) is 66.6. The zero-order valence-electron chi connectivity index (χ0n) is 53.2. The van der Waals surface area contributed by atoms with Gasteiger partial charge in [0.05, 0.1) is 46.5 Å². The number of aliphatic hydroxyl groups is 1. The number of nitrogens with one attached hydrogen (secondary N) is 4. The number of fused-ring (bicyclic) bond motifs is 4. The molecule has 5 N–H and O–H groups in total. The van der Waals surface area contributed by atoms with E-state index < -0.39 is 88.1 Å². The Hall–Kier alpha value is -8.53. The molecule has 6 aliphatic rings. The Kier molecular flexibility index (Phi) is 20.5. The standard InChI is InChI=1S/C66H80FN11O14S/c1-8-66(87)40(6)92-64(85)49-32-76-33-50-60-53(20-19-47-38(4)52(67)28-54(59(47)60)72-61(50)55(76)27-51(49)66)71-56(80)35-90-36-75(24-25-93(7,88)89)65(86)91-34-42-13-17-44(18-14-42)70-62(83)39(5)69-63(84)48(37(2)3)26-46(79)10-9-23-77-31-45(73-74-77)29-68-43-15-11-41(12-16-43)30-78-57(81)21-22-58(78)82/h13-14,17-18,21-22,27-28,31,37,39,41,43,48,53,68,87H,6,8-12,15-16,19-20,23-26,29-30,32-36H2,1-5,7H3,(H,69,84)(H,70,83)(H,71,80)/t39-,41?,43?,48-,53-,66+/m0/s1. The summed E-state index contributed by atoms with van der Waals surface area (Å²) in [5, 5.41) is 33.0. The molecule has 0 unspecified atom stereocenters. The highest BCUT2D eigenvalue weighted by atomic mass is 32.2. The van der Waals surface area contributed by atoms with Crippen LogP contribution in [0, 0.1) is 30.5 Å². The molecule has 6 heterocycles. The lowest BCUT2D eigenvalue weighted by Crippen LogP contribution is -2.45. The fraction of sp³-hybridized carbons (Fsp3) is 0.500. The Morgan fingerprint density at radius 2 is 1.72 bits per heavy atom. The molecule has 25 nitrogen and oxygen atoms in total. The minimum absolute atomic E-state index is 0.00608. The number of carbonyl (C=O) groups excluding carboxylic acids is 8. The first-order valence-electron chi connectivity index (χ1n) is 31.6. The Morgan fingerprint density at radius 3 is 2.42 bits per heavy atom. The van der Waals surface area contributed by atoms with E-state index in [9.17, 15) is 51.9 Å². The number of pyridine rings is 1. The summed E-state index contributed by atoms with van der Waals surface area (Å²) < 4.78 is 58.4. The van der Waals surface area contributed by atoms with Crippen LogP contribution in [0.3, 0.4) is 0 Å². The quantitative estimate of drug-likeness (QED) is 0.0282. The number of aromatic nitrogens is 4. The number of carbonyl (C=O) groups is 8. The minimum atomic E-state index is -3.57. The van der Waals surface area contributed by atoms with Gasteiger partial charge in [-0.25, -0.2) is 27.4 Å². The maximum absolute atomic E-state index is 15.5. The monoisotopic (exact) mass is 1300 g/mol. The summed E-state index contributed by atoms with van der Waals surface area (Å²) in [4.78, 5) is 114. The van der Waals surface area contributed by atoms with E-state index in [4.69, 9.17) is 19.2 Å². The molecule has 0 radical (unpaired) electrons. The van der Waals surface area contributed by atoms with E-state index in [-0.39, 0.29) is 92.3 Å². The minimum Gasteiger partial charge on any atom is -0.444 e. The van der Waals surface area contributed by atoms with Gasteiger partial charge >= 0.3 is 12.1 Å². The Labute approximate surface area is 538 Å². The number of ether oxygens (including phenoxy) is 3. The Bertz CT molecular complexity index is 3860. The number of hydrogen-bond acceptors (Lipinski definition) is 19. The van der Waals surface area contributed by atoms with Crippen LogP contribution >= 0.6 is 0 Å². The number of cyclic esters (lactones) is 1. The highest BCUT2D eigenvalue weighted by Gasteiger charge is 2.48. The van der Waals surface area contributed by atoms with Gasteiger partial charge in [0.25, 0.3) is 11.8 Å². The van der Waals surface area contributed by atoms with Gasteiger partial charge in [0.15, 0.2) is 0 Å². The van der Waals surface area contributed by atoms with E-state index in [1.165, 1.54) is 30.0 Å². The molecular weight excluding hydrogens is 1220 g/mol. The second-order valence-corrected chi connectivity index (χ2v) is 27.7. The van der Waals surface area contributed by atoms with E-state index >= 15 is 4.39 Å². The van der Waals surface area contributed by atoms with Crippen molar-refractivity contribution in [1.82, 2.24) is 50.6 Å². The topological polar surface area (TPSA) is 320 Å². The SMILES string of the molecule is C=C1OC(=O)C2=C(C=C3c4nc5cc(F)c(C)c6c5c(c4CN3C2)[C@@H](NC(=O)COCN(CCS(C)(=O)=O)C(=O)OCc2ccc(NC(=O)[C@H](C)NC(=O)[C@@H](CC(=O)CCCn3cc(CNC4CCC(CN5C(=O)C=CC5=O)CC4)nn3)C(C)C)cc2)CC6)[C@@]1(O)CC. The van der Waals surface area contributed by atoms with Crippen molar-refractivity contribution in [2.45, 2.75) is 149 Å². The summed E-state index contributed by atoms with van der Waals surface area (Å²) >= 11 is 0. The van der Waals surface area contributed by atoms with E-state index in [1.54, 1.807) is 48.9 Å². The number of esters is 1. The molecule has 2 aliphatic carbocycles. The van der Waals surface area contributed by atoms with Crippen molar-refractivity contribution in [3.63, 3.8) is 0 Å². The van der Waals surface area contributed by atoms with E-state index in [0.717, 1.165) is 59.2 Å². The zero-order valence-corrected chi connectivity index (χ0v) is 54.0. The lowest BCUT2D eigenvalue weighted by Gasteiger charge is -2.39. The number of imide groups is 1.